The first kappa shape index (κ1) is 10.6. The molecular formula is C12H11ClN2O2. The molecular weight excluding hydrogens is 240 g/mol. The molecule has 17 heavy (non-hydrogen) atoms. The van der Waals surface area contributed by atoms with Crippen LogP contribution >= 0.6 is 11.6 Å². The smallest absolute Gasteiger partial charge is 0.259 e. The zero-order valence-corrected chi connectivity index (χ0v) is 10.1. The molecule has 4 nitrogen and oxygen atoms in total. The van der Waals surface area contributed by atoms with E-state index in [0.29, 0.717) is 22.6 Å². The molecule has 0 aliphatic heterocycles. The topological polar surface area (TPSA) is 48.2 Å². The van der Waals surface area contributed by atoms with Crippen LogP contribution in [0.2, 0.25) is 5.02 Å². The number of methoxy groups -OCH3 is 1. The highest BCUT2D eigenvalue weighted by atomic mass is 35.5. The zero-order chi connectivity index (χ0) is 11.8. The van der Waals surface area contributed by atoms with Gasteiger partial charge < -0.3 is 9.26 Å². The SMILES string of the molecule is COc1ccc(-c2nc(C3CC3)no2)c(Cl)c1. The number of nitrogens with zero attached hydrogens (tertiary/aromatic N) is 2. The summed E-state index contributed by atoms with van der Waals surface area (Å²) in [6.07, 6.45) is 2.30. The number of ether oxygens (including phenoxy) is 1. The van der Waals surface area contributed by atoms with Crippen LogP contribution in [0, 0.1) is 0 Å². The van der Waals surface area contributed by atoms with Gasteiger partial charge in [0, 0.05) is 5.92 Å². The van der Waals surface area contributed by atoms with Crippen LogP contribution in [0.3, 0.4) is 0 Å². The number of rotatable bonds is 3. The van der Waals surface area contributed by atoms with Gasteiger partial charge in [0.05, 0.1) is 17.7 Å². The Morgan fingerprint density at radius 3 is 2.88 bits per heavy atom. The van der Waals surface area contributed by atoms with Crippen molar-refractivity contribution in [1.29, 1.82) is 0 Å². The third-order valence-corrected chi connectivity index (χ3v) is 3.10. The lowest BCUT2D eigenvalue weighted by molar-refractivity contribution is 0.414. The standard InChI is InChI=1S/C12H11ClN2O2/c1-16-8-4-5-9(10(13)6-8)12-14-11(15-17-12)7-2-3-7/h4-7H,2-3H2,1H3. The molecule has 0 N–H and O–H groups in total. The van der Waals surface area contributed by atoms with Crippen molar-refractivity contribution < 1.29 is 9.26 Å². The average molecular weight is 251 g/mol. The third kappa shape index (κ3) is 2.00. The van der Waals surface area contributed by atoms with E-state index < -0.39 is 0 Å². The minimum atomic E-state index is 0.472. The molecule has 0 spiro atoms. The molecule has 0 radical (unpaired) electrons. The summed E-state index contributed by atoms with van der Waals surface area (Å²) < 4.78 is 10.3. The second-order valence-electron chi connectivity index (χ2n) is 4.08. The molecule has 5 heteroatoms. The Hall–Kier alpha value is -1.55. The Morgan fingerprint density at radius 2 is 2.24 bits per heavy atom. The monoisotopic (exact) mass is 250 g/mol. The maximum absolute atomic E-state index is 6.14. The first-order chi connectivity index (χ1) is 8.28. The van der Waals surface area contributed by atoms with E-state index in [0.717, 1.165) is 24.2 Å². The molecule has 1 saturated carbocycles. The number of halogens is 1. The van der Waals surface area contributed by atoms with E-state index in [4.69, 9.17) is 20.9 Å². The van der Waals surface area contributed by atoms with Crippen LogP contribution in [-0.4, -0.2) is 17.3 Å². The molecule has 1 aromatic heterocycles. The van der Waals surface area contributed by atoms with Gasteiger partial charge in [-0.3, -0.25) is 0 Å². The molecule has 0 amide bonds. The Kier molecular flexibility index (Phi) is 2.52. The van der Waals surface area contributed by atoms with Gasteiger partial charge in [0.1, 0.15) is 5.75 Å². The van der Waals surface area contributed by atoms with Crippen molar-refractivity contribution in [2.24, 2.45) is 0 Å². The normalized spacial score (nSPS) is 14.9. The van der Waals surface area contributed by atoms with E-state index in [1.807, 2.05) is 12.1 Å². The first-order valence-corrected chi connectivity index (χ1v) is 5.83. The van der Waals surface area contributed by atoms with Gasteiger partial charge in [-0.1, -0.05) is 16.8 Å². The van der Waals surface area contributed by atoms with Crippen LogP contribution in [-0.2, 0) is 0 Å². The molecule has 1 fully saturated rings. The lowest BCUT2D eigenvalue weighted by Gasteiger charge is -2.02. The Labute approximate surface area is 104 Å². The van der Waals surface area contributed by atoms with E-state index in [1.54, 1.807) is 13.2 Å². The van der Waals surface area contributed by atoms with Crippen molar-refractivity contribution in [3.63, 3.8) is 0 Å². The van der Waals surface area contributed by atoms with Gasteiger partial charge in [0.25, 0.3) is 5.89 Å². The summed E-state index contributed by atoms with van der Waals surface area (Å²) in [6.45, 7) is 0. The van der Waals surface area contributed by atoms with Gasteiger partial charge in [-0.05, 0) is 31.0 Å². The van der Waals surface area contributed by atoms with Crippen molar-refractivity contribution in [3.05, 3.63) is 29.0 Å². The Balaban J connectivity index is 1.96. The van der Waals surface area contributed by atoms with Crippen molar-refractivity contribution in [2.45, 2.75) is 18.8 Å². The largest absolute Gasteiger partial charge is 0.497 e. The van der Waals surface area contributed by atoms with Gasteiger partial charge in [-0.15, -0.1) is 0 Å². The van der Waals surface area contributed by atoms with E-state index in [1.165, 1.54) is 0 Å². The van der Waals surface area contributed by atoms with Crippen LogP contribution in [0.1, 0.15) is 24.6 Å². The molecule has 2 aromatic rings. The molecule has 0 atom stereocenters. The molecule has 3 rings (SSSR count). The highest BCUT2D eigenvalue weighted by Crippen LogP contribution is 2.39. The van der Waals surface area contributed by atoms with Gasteiger partial charge in [0.15, 0.2) is 5.82 Å². The van der Waals surface area contributed by atoms with E-state index in [2.05, 4.69) is 10.1 Å². The predicted octanol–water partition coefficient (Wildman–Crippen LogP) is 3.28. The molecule has 1 aliphatic rings. The first-order valence-electron chi connectivity index (χ1n) is 5.45. The van der Waals surface area contributed by atoms with Gasteiger partial charge in [0.2, 0.25) is 0 Å². The van der Waals surface area contributed by atoms with Gasteiger partial charge in [-0.25, -0.2) is 0 Å². The Morgan fingerprint density at radius 1 is 1.41 bits per heavy atom. The summed E-state index contributed by atoms with van der Waals surface area (Å²) in [4.78, 5) is 4.36. The van der Waals surface area contributed by atoms with Crippen molar-refractivity contribution in [2.75, 3.05) is 7.11 Å². The molecule has 1 aliphatic carbocycles. The predicted molar refractivity (Wildman–Crippen MR) is 63.3 cm³/mol. The molecule has 1 aromatic carbocycles. The molecule has 0 unspecified atom stereocenters. The fraction of sp³-hybridized carbons (Fsp3) is 0.333. The third-order valence-electron chi connectivity index (χ3n) is 2.79. The van der Waals surface area contributed by atoms with Crippen molar-refractivity contribution >= 4 is 11.6 Å². The molecule has 88 valence electrons. The molecule has 1 heterocycles. The maximum atomic E-state index is 6.14. The zero-order valence-electron chi connectivity index (χ0n) is 9.31. The van der Waals surface area contributed by atoms with Crippen molar-refractivity contribution in [3.8, 4) is 17.2 Å². The fourth-order valence-electron chi connectivity index (χ4n) is 1.65. The Bertz CT molecular complexity index is 549. The van der Waals surface area contributed by atoms with Crippen LogP contribution in [0.5, 0.6) is 5.75 Å². The molecule has 0 saturated heterocycles. The number of aromatic nitrogens is 2. The summed E-state index contributed by atoms with van der Waals surface area (Å²) >= 11 is 6.14. The van der Waals surface area contributed by atoms with Gasteiger partial charge >= 0.3 is 0 Å². The average Bonchev–Trinajstić information content (AvgIpc) is 3.08. The lowest BCUT2D eigenvalue weighted by atomic mass is 10.2. The summed E-state index contributed by atoms with van der Waals surface area (Å²) in [6, 6.07) is 5.38. The minimum absolute atomic E-state index is 0.472. The van der Waals surface area contributed by atoms with Crippen LogP contribution in [0.15, 0.2) is 22.7 Å². The van der Waals surface area contributed by atoms with Crippen LogP contribution in [0.25, 0.3) is 11.5 Å². The number of hydrogen-bond acceptors (Lipinski definition) is 4. The van der Waals surface area contributed by atoms with E-state index >= 15 is 0 Å². The summed E-state index contributed by atoms with van der Waals surface area (Å²) in [5.41, 5.74) is 0.742. The highest BCUT2D eigenvalue weighted by molar-refractivity contribution is 6.33. The highest BCUT2D eigenvalue weighted by Gasteiger charge is 2.29. The number of hydrogen-bond donors (Lipinski definition) is 0. The second kappa shape index (κ2) is 4.04. The number of benzene rings is 1. The summed E-state index contributed by atoms with van der Waals surface area (Å²) in [5.74, 6) is 2.44. The van der Waals surface area contributed by atoms with Crippen molar-refractivity contribution in [1.82, 2.24) is 10.1 Å². The maximum Gasteiger partial charge on any atom is 0.259 e. The quantitative estimate of drug-likeness (QED) is 0.839. The fourth-order valence-corrected chi connectivity index (χ4v) is 1.90. The minimum Gasteiger partial charge on any atom is -0.497 e. The molecule has 0 bridgehead atoms. The van der Waals surface area contributed by atoms with Gasteiger partial charge in [-0.2, -0.15) is 4.98 Å². The van der Waals surface area contributed by atoms with E-state index in [9.17, 15) is 0 Å². The van der Waals surface area contributed by atoms with Crippen LogP contribution < -0.4 is 4.74 Å². The lowest BCUT2D eigenvalue weighted by Crippen LogP contribution is -1.85. The summed E-state index contributed by atoms with van der Waals surface area (Å²) in [7, 11) is 1.60. The van der Waals surface area contributed by atoms with E-state index in [-0.39, 0.29) is 0 Å². The summed E-state index contributed by atoms with van der Waals surface area (Å²) in [5, 5.41) is 4.51. The van der Waals surface area contributed by atoms with Crippen LogP contribution in [0.4, 0.5) is 0 Å². The second-order valence-corrected chi connectivity index (χ2v) is 4.48.